The van der Waals surface area contributed by atoms with Crippen LogP contribution in [-0.4, -0.2) is 27.7 Å². The summed E-state index contributed by atoms with van der Waals surface area (Å²) in [6.07, 6.45) is 2.77. The number of hydrogen-bond donors (Lipinski definition) is 2. The summed E-state index contributed by atoms with van der Waals surface area (Å²) < 4.78 is 32.3. The quantitative estimate of drug-likeness (QED) is 0.812. The number of sulfonamides is 1. The number of nitrogens with one attached hydrogen (secondary N) is 1. The fourth-order valence-corrected chi connectivity index (χ4v) is 3.70. The van der Waals surface area contributed by atoms with Gasteiger partial charge in [-0.15, -0.1) is 0 Å². The third kappa shape index (κ3) is 3.02. The largest absolute Gasteiger partial charge is 0.399 e. The lowest BCUT2D eigenvalue weighted by Crippen LogP contribution is -2.49. The Labute approximate surface area is 118 Å². The Hall–Kier alpha value is -0.820. The van der Waals surface area contributed by atoms with Crippen LogP contribution in [0.2, 0.25) is 5.02 Å². The van der Waals surface area contributed by atoms with E-state index in [1.807, 2.05) is 0 Å². The Kier molecular flexibility index (Phi) is 4.06. The van der Waals surface area contributed by atoms with Gasteiger partial charge < -0.3 is 10.5 Å². The van der Waals surface area contributed by atoms with Crippen molar-refractivity contribution >= 4 is 27.3 Å². The summed E-state index contributed by atoms with van der Waals surface area (Å²) in [5, 5.41) is 0.154. The van der Waals surface area contributed by atoms with E-state index in [4.69, 9.17) is 22.1 Å². The summed E-state index contributed by atoms with van der Waals surface area (Å²) >= 11 is 5.91. The number of ether oxygens (including phenoxy) is 1. The summed E-state index contributed by atoms with van der Waals surface area (Å²) in [6.45, 7) is 0.247. The Morgan fingerprint density at radius 3 is 2.68 bits per heavy atom. The average molecular weight is 305 g/mol. The van der Waals surface area contributed by atoms with E-state index in [9.17, 15) is 8.42 Å². The molecule has 0 heterocycles. The number of benzene rings is 1. The van der Waals surface area contributed by atoms with Crippen molar-refractivity contribution in [3.63, 3.8) is 0 Å². The molecular formula is C12H17ClN2O3S. The predicted molar refractivity (Wildman–Crippen MR) is 74.6 cm³/mol. The molecule has 0 amide bonds. The molecule has 0 spiro atoms. The van der Waals surface area contributed by atoms with Gasteiger partial charge in [-0.05, 0) is 37.5 Å². The first-order chi connectivity index (χ1) is 8.88. The van der Waals surface area contributed by atoms with E-state index in [1.54, 1.807) is 13.2 Å². The van der Waals surface area contributed by atoms with Crippen molar-refractivity contribution in [2.45, 2.75) is 29.8 Å². The number of nitrogens with two attached hydrogens (primary N) is 1. The van der Waals surface area contributed by atoms with E-state index in [2.05, 4.69) is 4.72 Å². The first-order valence-electron chi connectivity index (χ1n) is 5.98. The molecule has 1 aliphatic rings. The van der Waals surface area contributed by atoms with E-state index in [-0.39, 0.29) is 22.1 Å². The number of nitrogen functional groups attached to an aromatic ring is 1. The maximum Gasteiger partial charge on any atom is 0.242 e. The number of anilines is 1. The molecule has 1 saturated carbocycles. The second-order valence-corrected chi connectivity index (χ2v) is 6.90. The zero-order chi connectivity index (χ0) is 14.1. The molecule has 1 aliphatic carbocycles. The van der Waals surface area contributed by atoms with Crippen LogP contribution in [0.15, 0.2) is 23.1 Å². The molecule has 0 bridgehead atoms. The Bertz CT molecular complexity index is 565. The van der Waals surface area contributed by atoms with Gasteiger partial charge in [-0.2, -0.15) is 0 Å². The van der Waals surface area contributed by atoms with Crippen molar-refractivity contribution in [2.24, 2.45) is 0 Å². The minimum atomic E-state index is -3.67. The number of methoxy groups -OCH3 is 1. The van der Waals surface area contributed by atoms with E-state index in [1.165, 1.54) is 12.1 Å². The maximum atomic E-state index is 12.2. The SMILES string of the molecule is COC1(CNS(=O)(=O)c2cc(N)ccc2Cl)CCC1. The summed E-state index contributed by atoms with van der Waals surface area (Å²) in [5.74, 6) is 0. The summed E-state index contributed by atoms with van der Waals surface area (Å²) in [4.78, 5) is -0.000238. The zero-order valence-electron chi connectivity index (χ0n) is 10.6. The molecule has 0 aromatic heterocycles. The molecule has 5 nitrogen and oxygen atoms in total. The average Bonchev–Trinajstić information content (AvgIpc) is 2.31. The van der Waals surface area contributed by atoms with Crippen molar-refractivity contribution in [1.29, 1.82) is 0 Å². The van der Waals surface area contributed by atoms with Crippen molar-refractivity contribution in [2.75, 3.05) is 19.4 Å². The lowest BCUT2D eigenvalue weighted by Gasteiger charge is -2.40. The van der Waals surface area contributed by atoms with E-state index >= 15 is 0 Å². The van der Waals surface area contributed by atoms with Crippen LogP contribution >= 0.6 is 11.6 Å². The maximum absolute atomic E-state index is 12.2. The van der Waals surface area contributed by atoms with Crippen LogP contribution < -0.4 is 10.5 Å². The summed E-state index contributed by atoms with van der Waals surface area (Å²) in [5.41, 5.74) is 5.58. The molecule has 0 radical (unpaired) electrons. The minimum Gasteiger partial charge on any atom is -0.399 e. The molecule has 0 atom stereocenters. The van der Waals surface area contributed by atoms with Gasteiger partial charge in [0.05, 0.1) is 10.6 Å². The number of halogens is 1. The molecule has 1 aromatic rings. The highest BCUT2D eigenvalue weighted by molar-refractivity contribution is 7.89. The molecule has 1 aromatic carbocycles. The Morgan fingerprint density at radius 1 is 1.47 bits per heavy atom. The molecule has 2 rings (SSSR count). The second-order valence-electron chi connectivity index (χ2n) is 4.76. The van der Waals surface area contributed by atoms with Crippen LogP contribution in [0, 0.1) is 0 Å². The van der Waals surface area contributed by atoms with E-state index in [0.717, 1.165) is 19.3 Å². The topological polar surface area (TPSA) is 81.4 Å². The monoisotopic (exact) mass is 304 g/mol. The normalized spacial score (nSPS) is 18.0. The Balaban J connectivity index is 2.16. The van der Waals surface area contributed by atoms with Gasteiger partial charge in [0.15, 0.2) is 0 Å². The van der Waals surface area contributed by atoms with Crippen molar-refractivity contribution < 1.29 is 13.2 Å². The molecular weight excluding hydrogens is 288 g/mol. The van der Waals surface area contributed by atoms with Crippen LogP contribution in [-0.2, 0) is 14.8 Å². The van der Waals surface area contributed by atoms with Gasteiger partial charge in [-0.3, -0.25) is 0 Å². The molecule has 19 heavy (non-hydrogen) atoms. The highest BCUT2D eigenvalue weighted by Gasteiger charge is 2.38. The smallest absolute Gasteiger partial charge is 0.242 e. The molecule has 7 heteroatoms. The molecule has 0 saturated heterocycles. The Morgan fingerprint density at radius 2 is 2.16 bits per heavy atom. The van der Waals surface area contributed by atoms with Crippen LogP contribution in [0.25, 0.3) is 0 Å². The van der Waals surface area contributed by atoms with Gasteiger partial charge in [0, 0.05) is 19.3 Å². The second kappa shape index (κ2) is 5.28. The van der Waals surface area contributed by atoms with Crippen molar-refractivity contribution in [3.8, 4) is 0 Å². The molecule has 0 aliphatic heterocycles. The standard InChI is InChI=1S/C12H17ClN2O3S/c1-18-12(5-2-6-12)8-15-19(16,17)11-7-9(14)3-4-10(11)13/h3-4,7,15H,2,5-6,8,14H2,1H3. The lowest BCUT2D eigenvalue weighted by molar-refractivity contribution is -0.0659. The van der Waals surface area contributed by atoms with Crippen molar-refractivity contribution in [3.05, 3.63) is 23.2 Å². The zero-order valence-corrected chi connectivity index (χ0v) is 12.2. The minimum absolute atomic E-state index is 0.000238. The third-order valence-corrected chi connectivity index (χ3v) is 5.41. The van der Waals surface area contributed by atoms with E-state index in [0.29, 0.717) is 5.69 Å². The first-order valence-corrected chi connectivity index (χ1v) is 7.84. The summed E-state index contributed by atoms with van der Waals surface area (Å²) in [7, 11) is -2.08. The van der Waals surface area contributed by atoms with Crippen LogP contribution in [0.5, 0.6) is 0 Å². The molecule has 1 fully saturated rings. The van der Waals surface area contributed by atoms with Gasteiger partial charge in [0.2, 0.25) is 10.0 Å². The molecule has 106 valence electrons. The predicted octanol–water partition coefficient (Wildman–Crippen LogP) is 1.77. The fourth-order valence-electron chi connectivity index (χ4n) is 2.05. The van der Waals surface area contributed by atoms with Gasteiger partial charge in [-0.25, -0.2) is 13.1 Å². The van der Waals surface area contributed by atoms with Crippen LogP contribution in [0.3, 0.4) is 0 Å². The number of rotatable bonds is 5. The first kappa shape index (κ1) is 14.6. The highest BCUT2D eigenvalue weighted by atomic mass is 35.5. The number of hydrogen-bond acceptors (Lipinski definition) is 4. The van der Waals surface area contributed by atoms with Crippen molar-refractivity contribution in [1.82, 2.24) is 4.72 Å². The van der Waals surface area contributed by atoms with Crippen LogP contribution in [0.4, 0.5) is 5.69 Å². The summed E-state index contributed by atoms with van der Waals surface area (Å²) in [6, 6.07) is 4.38. The van der Waals surface area contributed by atoms with E-state index < -0.39 is 10.0 Å². The van der Waals surface area contributed by atoms with Gasteiger partial charge in [0.25, 0.3) is 0 Å². The van der Waals surface area contributed by atoms with Gasteiger partial charge >= 0.3 is 0 Å². The molecule has 3 N–H and O–H groups in total. The third-order valence-electron chi connectivity index (χ3n) is 3.53. The highest BCUT2D eigenvalue weighted by Crippen LogP contribution is 2.34. The molecule has 0 unspecified atom stereocenters. The van der Waals surface area contributed by atoms with Gasteiger partial charge in [0.1, 0.15) is 4.90 Å². The van der Waals surface area contributed by atoms with Crippen LogP contribution in [0.1, 0.15) is 19.3 Å². The fraction of sp³-hybridized carbons (Fsp3) is 0.500. The lowest BCUT2D eigenvalue weighted by atomic mass is 9.80. The van der Waals surface area contributed by atoms with Gasteiger partial charge in [-0.1, -0.05) is 11.6 Å².